The molecule has 0 aliphatic heterocycles. The van der Waals surface area contributed by atoms with E-state index >= 15 is 0 Å². The van der Waals surface area contributed by atoms with Gasteiger partial charge in [0.2, 0.25) is 0 Å². The first kappa shape index (κ1) is 14.5. The second-order valence-electron chi connectivity index (χ2n) is 5.36. The lowest BCUT2D eigenvalue weighted by Gasteiger charge is -2.12. The summed E-state index contributed by atoms with van der Waals surface area (Å²) in [5.41, 5.74) is 3.63. The van der Waals surface area contributed by atoms with Gasteiger partial charge in [-0.3, -0.25) is 14.6 Å². The first-order valence-corrected chi connectivity index (χ1v) is 7.46. The molecule has 5 heteroatoms. The molecule has 1 aliphatic rings. The zero-order valence-corrected chi connectivity index (χ0v) is 12.5. The monoisotopic (exact) mass is 298 g/mol. The lowest BCUT2D eigenvalue weighted by molar-refractivity contribution is -0.140. The van der Waals surface area contributed by atoms with Crippen molar-refractivity contribution in [3.05, 3.63) is 41.1 Å². The number of methoxy groups -OCH3 is 1. The molecule has 2 aromatic rings. The Labute approximate surface area is 128 Å². The molecule has 3 rings (SSSR count). The summed E-state index contributed by atoms with van der Waals surface area (Å²) in [6, 6.07) is 7.70. The third-order valence-corrected chi connectivity index (χ3v) is 3.99. The molecule has 1 N–H and O–H groups in total. The van der Waals surface area contributed by atoms with E-state index in [1.807, 2.05) is 24.3 Å². The Hall–Kier alpha value is -2.43. The van der Waals surface area contributed by atoms with Crippen LogP contribution in [0.1, 0.15) is 34.5 Å². The first-order chi connectivity index (χ1) is 10.7. The Kier molecular flexibility index (Phi) is 4.04. The van der Waals surface area contributed by atoms with Crippen LogP contribution in [-0.4, -0.2) is 30.5 Å². The molecule has 1 aliphatic carbocycles. The number of carbonyl (C=O) groups is 2. The molecule has 1 aromatic carbocycles. The normalized spacial score (nSPS) is 13.0. The van der Waals surface area contributed by atoms with Gasteiger partial charge < -0.3 is 10.1 Å². The van der Waals surface area contributed by atoms with E-state index in [2.05, 4.69) is 15.0 Å². The Morgan fingerprint density at radius 1 is 1.27 bits per heavy atom. The minimum atomic E-state index is -0.329. The van der Waals surface area contributed by atoms with Gasteiger partial charge in [0.15, 0.2) is 0 Å². The molecule has 0 fully saturated rings. The van der Waals surface area contributed by atoms with Gasteiger partial charge in [-0.05, 0) is 30.9 Å². The summed E-state index contributed by atoms with van der Waals surface area (Å²) in [6.07, 6.45) is 3.00. The number of aromatic nitrogens is 1. The molecule has 1 aromatic heterocycles. The van der Waals surface area contributed by atoms with Crippen molar-refractivity contribution in [3.8, 4) is 0 Å². The van der Waals surface area contributed by atoms with E-state index in [9.17, 15) is 9.59 Å². The summed E-state index contributed by atoms with van der Waals surface area (Å²) >= 11 is 0. The van der Waals surface area contributed by atoms with Gasteiger partial charge in [0.25, 0.3) is 5.91 Å². The largest absolute Gasteiger partial charge is 0.469 e. The summed E-state index contributed by atoms with van der Waals surface area (Å²) in [4.78, 5) is 28.4. The number of rotatable bonds is 4. The number of nitrogens with zero attached hydrogens (tertiary/aromatic N) is 1. The fraction of sp³-hybridized carbons (Fsp3) is 0.353. The number of esters is 1. The molecule has 5 nitrogen and oxygen atoms in total. The molecule has 1 amide bonds. The van der Waals surface area contributed by atoms with Crippen molar-refractivity contribution in [1.82, 2.24) is 10.3 Å². The van der Waals surface area contributed by atoms with Crippen LogP contribution in [0.5, 0.6) is 0 Å². The van der Waals surface area contributed by atoms with Crippen molar-refractivity contribution in [3.63, 3.8) is 0 Å². The number of aryl methyl sites for hydroxylation is 1. The Balaban J connectivity index is 1.92. The topological polar surface area (TPSA) is 68.3 Å². The Morgan fingerprint density at radius 2 is 2.09 bits per heavy atom. The average molecular weight is 298 g/mol. The van der Waals surface area contributed by atoms with E-state index in [1.165, 1.54) is 7.11 Å². The third kappa shape index (κ3) is 2.66. The third-order valence-electron chi connectivity index (χ3n) is 3.99. The van der Waals surface area contributed by atoms with Gasteiger partial charge in [0.05, 0.1) is 24.6 Å². The molecule has 0 saturated carbocycles. The quantitative estimate of drug-likeness (QED) is 0.877. The van der Waals surface area contributed by atoms with E-state index in [0.29, 0.717) is 5.56 Å². The van der Waals surface area contributed by atoms with E-state index in [-0.39, 0.29) is 24.8 Å². The molecule has 0 radical (unpaired) electrons. The van der Waals surface area contributed by atoms with Gasteiger partial charge in [0, 0.05) is 17.6 Å². The van der Waals surface area contributed by atoms with Gasteiger partial charge in [-0.15, -0.1) is 0 Å². The smallest absolute Gasteiger partial charge is 0.307 e. The van der Waals surface area contributed by atoms with Crippen molar-refractivity contribution in [1.29, 1.82) is 0 Å². The summed E-state index contributed by atoms with van der Waals surface area (Å²) in [7, 11) is 1.34. The molecular formula is C17H18N2O3. The van der Waals surface area contributed by atoms with Crippen LogP contribution in [0.3, 0.4) is 0 Å². The number of ether oxygens (including phenoxy) is 1. The van der Waals surface area contributed by atoms with Crippen LogP contribution in [-0.2, 0) is 22.4 Å². The number of fused-ring (bicyclic) bond motifs is 2. The van der Waals surface area contributed by atoms with E-state index in [0.717, 1.165) is 41.4 Å². The number of nitrogens with one attached hydrogen (secondary N) is 1. The van der Waals surface area contributed by atoms with Crippen LogP contribution < -0.4 is 5.32 Å². The number of hydrogen-bond acceptors (Lipinski definition) is 4. The minimum Gasteiger partial charge on any atom is -0.469 e. The zero-order chi connectivity index (χ0) is 15.5. The highest BCUT2D eigenvalue weighted by molar-refractivity contribution is 6.07. The summed E-state index contributed by atoms with van der Waals surface area (Å²) < 4.78 is 4.58. The highest BCUT2D eigenvalue weighted by Gasteiger charge is 2.23. The zero-order valence-electron chi connectivity index (χ0n) is 12.5. The standard InChI is InChI=1S/C17H18N2O3/c1-22-15(20)9-10-18-17(21)16-11-5-2-3-7-13(11)19-14-8-4-6-12(14)16/h2-3,5,7H,4,6,8-10H2,1H3,(H,18,21). The van der Waals surface area contributed by atoms with Crippen LogP contribution in [0.15, 0.2) is 24.3 Å². The molecule has 114 valence electrons. The highest BCUT2D eigenvalue weighted by atomic mass is 16.5. The van der Waals surface area contributed by atoms with Gasteiger partial charge in [-0.25, -0.2) is 0 Å². The molecular weight excluding hydrogens is 280 g/mol. The van der Waals surface area contributed by atoms with Crippen molar-refractivity contribution < 1.29 is 14.3 Å². The van der Waals surface area contributed by atoms with E-state index in [1.54, 1.807) is 0 Å². The van der Waals surface area contributed by atoms with Crippen LogP contribution in [0.25, 0.3) is 10.9 Å². The number of benzene rings is 1. The van der Waals surface area contributed by atoms with Gasteiger partial charge in [-0.2, -0.15) is 0 Å². The highest BCUT2D eigenvalue weighted by Crippen LogP contribution is 2.29. The molecule has 22 heavy (non-hydrogen) atoms. The Morgan fingerprint density at radius 3 is 2.91 bits per heavy atom. The molecule has 0 bridgehead atoms. The summed E-state index contributed by atoms with van der Waals surface area (Å²) in [6.45, 7) is 0.275. The predicted octanol–water partition coefficient (Wildman–Crippen LogP) is 2.02. The average Bonchev–Trinajstić information content (AvgIpc) is 2.99. The first-order valence-electron chi connectivity index (χ1n) is 7.46. The van der Waals surface area contributed by atoms with Crippen LogP contribution >= 0.6 is 0 Å². The number of pyridine rings is 1. The summed E-state index contributed by atoms with van der Waals surface area (Å²) in [5.74, 6) is -0.467. The number of carbonyl (C=O) groups excluding carboxylic acids is 2. The maximum atomic E-state index is 12.6. The van der Waals surface area contributed by atoms with Crippen LogP contribution in [0.4, 0.5) is 0 Å². The molecule has 0 atom stereocenters. The second kappa shape index (κ2) is 6.13. The van der Waals surface area contributed by atoms with Crippen molar-refractivity contribution in [2.75, 3.05) is 13.7 Å². The van der Waals surface area contributed by atoms with Gasteiger partial charge >= 0.3 is 5.97 Å². The van der Waals surface area contributed by atoms with Crippen molar-refractivity contribution in [2.45, 2.75) is 25.7 Å². The second-order valence-corrected chi connectivity index (χ2v) is 5.36. The molecule has 1 heterocycles. The maximum Gasteiger partial charge on any atom is 0.307 e. The lowest BCUT2D eigenvalue weighted by atomic mass is 10.0. The maximum absolute atomic E-state index is 12.6. The van der Waals surface area contributed by atoms with Crippen LogP contribution in [0.2, 0.25) is 0 Å². The molecule has 0 spiro atoms. The summed E-state index contributed by atoms with van der Waals surface area (Å²) in [5, 5.41) is 3.69. The Bertz CT molecular complexity index is 740. The molecule has 0 unspecified atom stereocenters. The number of amides is 1. The molecule has 0 saturated heterocycles. The fourth-order valence-electron chi connectivity index (χ4n) is 2.94. The fourth-order valence-corrected chi connectivity index (χ4v) is 2.94. The van der Waals surface area contributed by atoms with E-state index in [4.69, 9.17) is 0 Å². The van der Waals surface area contributed by atoms with Gasteiger partial charge in [0.1, 0.15) is 0 Å². The number of para-hydroxylation sites is 1. The minimum absolute atomic E-state index is 0.138. The SMILES string of the molecule is COC(=O)CCNC(=O)c1c2c(nc3ccccc13)CCC2. The van der Waals surface area contributed by atoms with Crippen molar-refractivity contribution in [2.24, 2.45) is 0 Å². The van der Waals surface area contributed by atoms with Crippen molar-refractivity contribution >= 4 is 22.8 Å². The van der Waals surface area contributed by atoms with Crippen LogP contribution in [0, 0.1) is 0 Å². The van der Waals surface area contributed by atoms with Gasteiger partial charge in [-0.1, -0.05) is 18.2 Å². The predicted molar refractivity (Wildman–Crippen MR) is 82.7 cm³/mol. The lowest BCUT2D eigenvalue weighted by Crippen LogP contribution is -2.27. The van der Waals surface area contributed by atoms with E-state index < -0.39 is 0 Å². The number of hydrogen-bond donors (Lipinski definition) is 1.